The topological polar surface area (TPSA) is 75.6 Å². The van der Waals surface area contributed by atoms with Crippen molar-refractivity contribution in [3.63, 3.8) is 0 Å². The summed E-state index contributed by atoms with van der Waals surface area (Å²) in [7, 11) is 0. The molecule has 0 aromatic rings. The molecule has 13 heavy (non-hydrogen) atoms. The Kier molecular flexibility index (Phi) is 6.26. The number of carboxylic acids is 1. The summed E-state index contributed by atoms with van der Waals surface area (Å²) in [6.07, 6.45) is 0.958. The third kappa shape index (κ3) is 5.43. The Morgan fingerprint density at radius 3 is 2.62 bits per heavy atom. The predicted octanol–water partition coefficient (Wildman–Crippen LogP) is 0.526. The van der Waals surface area contributed by atoms with Crippen molar-refractivity contribution in [3.05, 3.63) is 0 Å². The molecule has 0 radical (unpaired) electrons. The van der Waals surface area contributed by atoms with Gasteiger partial charge in [-0.05, 0) is 18.2 Å². The normalized spacial score (nSPS) is 12.2. The molecule has 0 unspecified atom stereocenters. The van der Waals surface area contributed by atoms with Crippen LogP contribution in [-0.4, -0.2) is 29.7 Å². The quantitative estimate of drug-likeness (QED) is 0.493. The molecule has 0 saturated heterocycles. The Morgan fingerprint density at radius 2 is 2.23 bits per heavy atom. The molecular formula is C7H12ClNO4. The molecule has 0 aliphatic rings. The summed E-state index contributed by atoms with van der Waals surface area (Å²) >= 11 is 5.10. The monoisotopic (exact) mass is 209 g/mol. The van der Waals surface area contributed by atoms with Gasteiger partial charge in [-0.1, -0.05) is 6.92 Å². The second-order valence-electron chi connectivity index (χ2n) is 2.43. The molecule has 0 aliphatic carbocycles. The highest BCUT2D eigenvalue weighted by Gasteiger charge is 2.17. The number of halogens is 1. The molecule has 5 nitrogen and oxygen atoms in total. The lowest BCUT2D eigenvalue weighted by atomic mass is 10.3. The van der Waals surface area contributed by atoms with Crippen molar-refractivity contribution in [3.8, 4) is 0 Å². The van der Waals surface area contributed by atoms with E-state index >= 15 is 0 Å². The first-order valence-electron chi connectivity index (χ1n) is 3.86. The maximum atomic E-state index is 10.8. The molecule has 0 heterocycles. The number of carboxylic acid groups (broad SMARTS) is 1. The van der Waals surface area contributed by atoms with Gasteiger partial charge in [0.1, 0.15) is 6.61 Å². The number of rotatable bonds is 6. The minimum absolute atomic E-state index is 0.252. The molecule has 1 atom stereocenters. The highest BCUT2D eigenvalue weighted by atomic mass is 35.5. The minimum atomic E-state index is -1.15. The predicted molar refractivity (Wildman–Crippen MR) is 46.3 cm³/mol. The number of carbonyl (C=O) groups excluding carboxylic acids is 1. The van der Waals surface area contributed by atoms with Gasteiger partial charge < -0.3 is 9.84 Å². The second kappa shape index (κ2) is 6.68. The summed E-state index contributed by atoms with van der Waals surface area (Å²) < 4.78 is 4.63. The van der Waals surface area contributed by atoms with Gasteiger partial charge in [0.05, 0.1) is 0 Å². The largest absolute Gasteiger partial charge is 0.480 e. The molecule has 0 aromatic carbocycles. The molecule has 0 rings (SSSR count). The lowest BCUT2D eigenvalue weighted by molar-refractivity contribution is -0.148. The van der Waals surface area contributed by atoms with E-state index in [0.29, 0.717) is 6.42 Å². The van der Waals surface area contributed by atoms with Crippen molar-refractivity contribution in [2.24, 2.45) is 0 Å². The van der Waals surface area contributed by atoms with Gasteiger partial charge in [0.25, 0.3) is 0 Å². The van der Waals surface area contributed by atoms with Crippen LogP contribution in [0, 0.1) is 0 Å². The molecular weight excluding hydrogens is 198 g/mol. The first-order valence-corrected chi connectivity index (χ1v) is 4.24. The van der Waals surface area contributed by atoms with Crippen LogP contribution in [0.4, 0.5) is 0 Å². The summed E-state index contributed by atoms with van der Waals surface area (Å²) in [5.74, 6) is -1.57. The van der Waals surface area contributed by atoms with E-state index < -0.39 is 18.0 Å². The van der Waals surface area contributed by atoms with Crippen LogP contribution in [0.5, 0.6) is 0 Å². The van der Waals surface area contributed by atoms with Gasteiger partial charge in [-0.25, -0.2) is 4.84 Å². The Balaban J connectivity index is 3.72. The zero-order valence-corrected chi connectivity index (χ0v) is 8.00. The molecule has 0 amide bonds. The summed E-state index contributed by atoms with van der Waals surface area (Å²) in [5.41, 5.74) is 0. The van der Waals surface area contributed by atoms with E-state index in [0.717, 1.165) is 0 Å². The first kappa shape index (κ1) is 12.2. The number of aliphatic carboxylic acids is 1. The highest BCUT2D eigenvalue weighted by Crippen LogP contribution is 1.94. The molecule has 0 spiro atoms. The third-order valence-electron chi connectivity index (χ3n) is 1.29. The number of hydrogen-bond donors (Lipinski definition) is 2. The fourth-order valence-electron chi connectivity index (χ4n) is 0.602. The van der Waals surface area contributed by atoms with E-state index in [1.54, 1.807) is 0 Å². The third-order valence-corrected chi connectivity index (χ3v) is 1.56. The van der Waals surface area contributed by atoms with Crippen LogP contribution in [0.1, 0.15) is 19.8 Å². The maximum absolute atomic E-state index is 10.8. The average Bonchev–Trinajstić information content (AvgIpc) is 2.05. The maximum Gasteiger partial charge on any atom is 0.325 e. The smallest absolute Gasteiger partial charge is 0.325 e. The van der Waals surface area contributed by atoms with E-state index in [9.17, 15) is 9.59 Å². The van der Waals surface area contributed by atoms with Gasteiger partial charge >= 0.3 is 11.9 Å². The van der Waals surface area contributed by atoms with Gasteiger partial charge in [0, 0.05) is 6.42 Å². The van der Waals surface area contributed by atoms with E-state index in [1.165, 1.54) is 0 Å². The molecule has 0 aliphatic heterocycles. The number of carbonyl (C=O) groups is 2. The zero-order chi connectivity index (χ0) is 10.3. The van der Waals surface area contributed by atoms with Crippen molar-refractivity contribution in [1.82, 2.24) is 4.84 Å². The highest BCUT2D eigenvalue weighted by molar-refractivity contribution is 6.14. The Morgan fingerprint density at radius 1 is 1.62 bits per heavy atom. The fourth-order valence-corrected chi connectivity index (χ4v) is 0.758. The summed E-state index contributed by atoms with van der Waals surface area (Å²) in [6, 6.07) is -1.05. The van der Waals surface area contributed by atoms with Crippen LogP contribution in [0.3, 0.4) is 0 Å². The van der Waals surface area contributed by atoms with E-state index in [4.69, 9.17) is 16.9 Å². The molecule has 76 valence electrons. The minimum Gasteiger partial charge on any atom is -0.480 e. The van der Waals surface area contributed by atoms with Crippen molar-refractivity contribution in [2.45, 2.75) is 25.8 Å². The van der Waals surface area contributed by atoms with E-state index in [1.807, 2.05) is 11.8 Å². The fraction of sp³-hybridized carbons (Fsp3) is 0.714. The average molecular weight is 210 g/mol. The van der Waals surface area contributed by atoms with E-state index in [2.05, 4.69) is 4.74 Å². The van der Waals surface area contributed by atoms with Crippen molar-refractivity contribution in [2.75, 3.05) is 6.61 Å². The van der Waals surface area contributed by atoms with Crippen LogP contribution in [0.2, 0.25) is 0 Å². The van der Waals surface area contributed by atoms with Crippen LogP contribution >= 0.6 is 11.8 Å². The zero-order valence-electron chi connectivity index (χ0n) is 7.25. The second-order valence-corrected chi connectivity index (χ2v) is 2.65. The van der Waals surface area contributed by atoms with Gasteiger partial charge in [-0.2, -0.15) is 0 Å². The van der Waals surface area contributed by atoms with Crippen molar-refractivity contribution < 1.29 is 19.4 Å². The van der Waals surface area contributed by atoms with E-state index in [-0.39, 0.29) is 13.0 Å². The molecule has 6 heteroatoms. The van der Waals surface area contributed by atoms with Gasteiger partial charge in [-0.3, -0.25) is 9.59 Å². The van der Waals surface area contributed by atoms with Crippen LogP contribution in [0.15, 0.2) is 0 Å². The molecule has 2 N–H and O–H groups in total. The Hall–Kier alpha value is -0.810. The first-order chi connectivity index (χ1) is 6.11. The van der Waals surface area contributed by atoms with Crippen LogP contribution in [0.25, 0.3) is 0 Å². The number of ether oxygens (including phenoxy) is 1. The van der Waals surface area contributed by atoms with Crippen molar-refractivity contribution in [1.29, 1.82) is 0 Å². The Labute approximate surface area is 81.1 Å². The number of nitrogens with one attached hydrogen (secondary N) is 1. The summed E-state index contributed by atoms with van der Waals surface area (Å²) in [6.45, 7) is 1.58. The molecule has 0 aromatic heterocycles. The van der Waals surface area contributed by atoms with Crippen LogP contribution in [-0.2, 0) is 14.3 Å². The van der Waals surface area contributed by atoms with Gasteiger partial charge in [-0.15, -0.1) is 0 Å². The van der Waals surface area contributed by atoms with Crippen LogP contribution < -0.4 is 4.84 Å². The molecule has 0 bridgehead atoms. The summed E-state index contributed by atoms with van der Waals surface area (Å²) in [5, 5.41) is 8.48. The molecule has 0 fully saturated rings. The van der Waals surface area contributed by atoms with Gasteiger partial charge in [0.15, 0.2) is 6.04 Å². The number of hydrogen-bond acceptors (Lipinski definition) is 4. The number of esters is 1. The lowest BCUT2D eigenvalue weighted by Crippen LogP contribution is -2.36. The summed E-state index contributed by atoms with van der Waals surface area (Å²) in [4.78, 5) is 23.2. The SMILES string of the molecule is CCCC(=O)OC[C@H](NCl)C(=O)O. The molecule has 0 saturated carbocycles. The van der Waals surface area contributed by atoms with Gasteiger partial charge in [0.2, 0.25) is 0 Å². The van der Waals surface area contributed by atoms with Crippen molar-refractivity contribution >= 4 is 23.7 Å². The standard InChI is InChI=1S/C7H12ClNO4/c1-2-3-6(10)13-4-5(9-8)7(11)12/h5,9H,2-4H2,1H3,(H,11,12)/t5-/m0/s1. The Bertz CT molecular complexity index is 185. The lowest BCUT2D eigenvalue weighted by Gasteiger charge is -2.09.